The summed E-state index contributed by atoms with van der Waals surface area (Å²) in [5, 5.41) is 10.3. The molecular weight excluding hydrogens is 222 g/mol. The van der Waals surface area contributed by atoms with Crippen LogP contribution in [0.15, 0.2) is 36.5 Å². The highest BCUT2D eigenvalue weighted by atomic mass is 16.3. The summed E-state index contributed by atoms with van der Waals surface area (Å²) in [4.78, 5) is 4.15. The third-order valence-electron chi connectivity index (χ3n) is 3.02. The van der Waals surface area contributed by atoms with Gasteiger partial charge in [-0.2, -0.15) is 0 Å². The first kappa shape index (κ1) is 12.8. The first-order valence-electron chi connectivity index (χ1n) is 6.22. The average molecular weight is 241 g/mol. The fraction of sp³-hybridized carbons (Fsp3) is 0.312. The third kappa shape index (κ3) is 3.17. The second-order valence-corrected chi connectivity index (χ2v) is 4.95. The summed E-state index contributed by atoms with van der Waals surface area (Å²) < 4.78 is 0. The second kappa shape index (κ2) is 5.32. The number of hydrogen-bond donors (Lipinski definition) is 1. The van der Waals surface area contributed by atoms with E-state index < -0.39 is 6.10 Å². The molecule has 1 atom stereocenters. The minimum Gasteiger partial charge on any atom is -0.388 e. The number of aryl methyl sites for hydroxylation is 3. The average Bonchev–Trinajstić information content (AvgIpc) is 2.27. The topological polar surface area (TPSA) is 33.1 Å². The Bertz CT molecular complexity index is 528. The van der Waals surface area contributed by atoms with Crippen LogP contribution in [0.4, 0.5) is 0 Å². The Labute approximate surface area is 108 Å². The van der Waals surface area contributed by atoms with Crippen LogP contribution in [0.3, 0.4) is 0 Å². The van der Waals surface area contributed by atoms with Crippen LogP contribution in [0.2, 0.25) is 0 Å². The minimum absolute atomic E-state index is 0.465. The lowest BCUT2D eigenvalue weighted by Gasteiger charge is -2.12. The summed E-state index contributed by atoms with van der Waals surface area (Å²) in [6.45, 7) is 6.10. The lowest BCUT2D eigenvalue weighted by molar-refractivity contribution is 0.178. The lowest BCUT2D eigenvalue weighted by Crippen LogP contribution is -2.03. The molecule has 1 aromatic carbocycles. The number of nitrogens with zero attached hydrogens (tertiary/aromatic N) is 1. The van der Waals surface area contributed by atoms with Gasteiger partial charge < -0.3 is 5.11 Å². The molecular formula is C16H19NO. The van der Waals surface area contributed by atoms with E-state index in [1.54, 1.807) is 6.20 Å². The Morgan fingerprint density at radius 1 is 1.06 bits per heavy atom. The van der Waals surface area contributed by atoms with Crippen LogP contribution in [0.1, 0.15) is 34.1 Å². The van der Waals surface area contributed by atoms with E-state index in [0.29, 0.717) is 6.42 Å². The first-order chi connectivity index (χ1) is 8.54. The highest BCUT2D eigenvalue weighted by molar-refractivity contribution is 5.30. The molecule has 0 aliphatic carbocycles. The zero-order valence-electron chi connectivity index (χ0n) is 11.1. The maximum Gasteiger partial charge on any atom is 0.0831 e. The molecule has 0 aliphatic rings. The SMILES string of the molecule is Cc1cc(C)cc(CC(O)c2ccnc(C)c2)c1. The number of benzene rings is 1. The van der Waals surface area contributed by atoms with Gasteiger partial charge in [0.25, 0.3) is 0 Å². The van der Waals surface area contributed by atoms with E-state index in [2.05, 4.69) is 37.0 Å². The number of aromatic nitrogens is 1. The predicted octanol–water partition coefficient (Wildman–Crippen LogP) is 3.28. The molecule has 1 heterocycles. The molecule has 2 nitrogen and oxygen atoms in total. The molecule has 0 saturated carbocycles. The molecule has 94 valence electrons. The smallest absolute Gasteiger partial charge is 0.0831 e. The number of aliphatic hydroxyl groups is 1. The quantitative estimate of drug-likeness (QED) is 0.894. The van der Waals surface area contributed by atoms with E-state index in [9.17, 15) is 5.11 Å². The van der Waals surface area contributed by atoms with Crippen molar-refractivity contribution in [2.45, 2.75) is 33.3 Å². The van der Waals surface area contributed by atoms with Crippen molar-refractivity contribution in [3.63, 3.8) is 0 Å². The van der Waals surface area contributed by atoms with Gasteiger partial charge in [-0.3, -0.25) is 4.98 Å². The molecule has 0 bridgehead atoms. The maximum atomic E-state index is 10.3. The van der Waals surface area contributed by atoms with Crippen LogP contribution in [0, 0.1) is 20.8 Å². The molecule has 0 fully saturated rings. The van der Waals surface area contributed by atoms with Crippen molar-refractivity contribution in [3.05, 3.63) is 64.5 Å². The molecule has 0 spiro atoms. The number of aliphatic hydroxyl groups excluding tert-OH is 1. The van der Waals surface area contributed by atoms with Crippen LogP contribution in [0.5, 0.6) is 0 Å². The molecule has 1 aromatic heterocycles. The summed E-state index contributed by atoms with van der Waals surface area (Å²) in [5.74, 6) is 0. The van der Waals surface area contributed by atoms with Gasteiger partial charge in [0.2, 0.25) is 0 Å². The third-order valence-corrected chi connectivity index (χ3v) is 3.02. The Morgan fingerprint density at radius 3 is 2.33 bits per heavy atom. The predicted molar refractivity (Wildman–Crippen MR) is 73.6 cm³/mol. The van der Waals surface area contributed by atoms with Crippen LogP contribution < -0.4 is 0 Å². The highest BCUT2D eigenvalue weighted by Crippen LogP contribution is 2.20. The molecule has 2 heteroatoms. The summed E-state index contributed by atoms with van der Waals surface area (Å²) >= 11 is 0. The van der Waals surface area contributed by atoms with Gasteiger partial charge in [0.05, 0.1) is 6.10 Å². The van der Waals surface area contributed by atoms with E-state index in [-0.39, 0.29) is 0 Å². The van der Waals surface area contributed by atoms with Crippen LogP contribution in [-0.2, 0) is 6.42 Å². The Kier molecular flexibility index (Phi) is 3.78. The molecule has 1 N–H and O–H groups in total. The van der Waals surface area contributed by atoms with E-state index in [1.807, 2.05) is 19.1 Å². The van der Waals surface area contributed by atoms with Crippen molar-refractivity contribution in [1.82, 2.24) is 4.98 Å². The standard InChI is InChI=1S/C16H19NO/c1-11-6-12(2)8-14(7-11)10-16(18)15-4-5-17-13(3)9-15/h4-9,16,18H,10H2,1-3H3. The van der Waals surface area contributed by atoms with Gasteiger partial charge in [-0.1, -0.05) is 29.3 Å². The Hall–Kier alpha value is -1.67. The lowest BCUT2D eigenvalue weighted by atomic mass is 9.99. The fourth-order valence-corrected chi connectivity index (χ4v) is 2.30. The summed E-state index contributed by atoms with van der Waals surface area (Å²) in [6.07, 6.45) is 1.93. The molecule has 18 heavy (non-hydrogen) atoms. The maximum absolute atomic E-state index is 10.3. The van der Waals surface area contributed by atoms with Gasteiger partial charge in [0.15, 0.2) is 0 Å². The van der Waals surface area contributed by atoms with Crippen LogP contribution in [0.25, 0.3) is 0 Å². The van der Waals surface area contributed by atoms with E-state index >= 15 is 0 Å². The Balaban J connectivity index is 2.18. The number of hydrogen-bond acceptors (Lipinski definition) is 2. The molecule has 0 saturated heterocycles. The summed E-state index contributed by atoms with van der Waals surface area (Å²) in [5.41, 5.74) is 5.52. The first-order valence-corrected chi connectivity index (χ1v) is 6.22. The Morgan fingerprint density at radius 2 is 1.72 bits per heavy atom. The van der Waals surface area contributed by atoms with E-state index in [4.69, 9.17) is 0 Å². The molecule has 0 radical (unpaired) electrons. The molecule has 1 unspecified atom stereocenters. The van der Waals surface area contributed by atoms with Gasteiger partial charge in [-0.15, -0.1) is 0 Å². The van der Waals surface area contributed by atoms with Gasteiger partial charge >= 0.3 is 0 Å². The van der Waals surface area contributed by atoms with Crippen molar-refractivity contribution in [2.24, 2.45) is 0 Å². The van der Waals surface area contributed by atoms with E-state index in [1.165, 1.54) is 16.7 Å². The fourth-order valence-electron chi connectivity index (χ4n) is 2.30. The van der Waals surface area contributed by atoms with Crippen molar-refractivity contribution in [1.29, 1.82) is 0 Å². The molecule has 2 rings (SSSR count). The number of pyridine rings is 1. The van der Waals surface area contributed by atoms with Crippen molar-refractivity contribution < 1.29 is 5.11 Å². The van der Waals surface area contributed by atoms with Gasteiger partial charge in [0.1, 0.15) is 0 Å². The van der Waals surface area contributed by atoms with Crippen LogP contribution >= 0.6 is 0 Å². The van der Waals surface area contributed by atoms with Crippen molar-refractivity contribution in [3.8, 4) is 0 Å². The zero-order valence-corrected chi connectivity index (χ0v) is 11.1. The highest BCUT2D eigenvalue weighted by Gasteiger charge is 2.09. The molecule has 2 aromatic rings. The van der Waals surface area contributed by atoms with Gasteiger partial charge in [0, 0.05) is 18.3 Å². The van der Waals surface area contributed by atoms with Crippen molar-refractivity contribution in [2.75, 3.05) is 0 Å². The molecule has 0 aliphatic heterocycles. The van der Waals surface area contributed by atoms with Crippen molar-refractivity contribution >= 4 is 0 Å². The monoisotopic (exact) mass is 241 g/mol. The van der Waals surface area contributed by atoms with Gasteiger partial charge in [-0.25, -0.2) is 0 Å². The van der Waals surface area contributed by atoms with E-state index in [0.717, 1.165) is 11.3 Å². The summed E-state index contributed by atoms with van der Waals surface area (Å²) in [6, 6.07) is 10.2. The summed E-state index contributed by atoms with van der Waals surface area (Å²) in [7, 11) is 0. The minimum atomic E-state index is -0.465. The largest absolute Gasteiger partial charge is 0.388 e. The molecule has 0 amide bonds. The zero-order chi connectivity index (χ0) is 13.1. The second-order valence-electron chi connectivity index (χ2n) is 4.95. The normalized spacial score (nSPS) is 12.4. The van der Waals surface area contributed by atoms with Crippen LogP contribution in [-0.4, -0.2) is 10.1 Å². The van der Waals surface area contributed by atoms with Gasteiger partial charge in [-0.05, 0) is 44.0 Å². The number of rotatable bonds is 3.